The minimum Gasteiger partial charge on any atom is -0.481 e. The molecule has 0 aromatic heterocycles. The van der Waals surface area contributed by atoms with Gasteiger partial charge >= 0.3 is 5.97 Å². The van der Waals surface area contributed by atoms with E-state index in [1.54, 1.807) is 0 Å². The van der Waals surface area contributed by atoms with Crippen molar-refractivity contribution in [3.63, 3.8) is 0 Å². The Kier molecular flexibility index (Phi) is 5.30. The summed E-state index contributed by atoms with van der Waals surface area (Å²) < 4.78 is 26.6. The minimum atomic E-state index is -1.14. The number of benzene rings is 2. The van der Waals surface area contributed by atoms with Gasteiger partial charge in [0.25, 0.3) is 0 Å². The Hall–Kier alpha value is -2.45. The Bertz CT molecular complexity index is 756. The van der Waals surface area contributed by atoms with Crippen molar-refractivity contribution in [2.24, 2.45) is 0 Å². The van der Waals surface area contributed by atoms with E-state index in [1.165, 1.54) is 30.3 Å². The van der Waals surface area contributed by atoms with Crippen LogP contribution in [0.15, 0.2) is 42.5 Å². The van der Waals surface area contributed by atoms with Crippen molar-refractivity contribution in [3.8, 4) is 6.07 Å². The quantitative estimate of drug-likeness (QED) is 0.876. The maximum absolute atomic E-state index is 13.5. The molecule has 0 bridgehead atoms. The molecule has 2 atom stereocenters. The summed E-state index contributed by atoms with van der Waals surface area (Å²) in [6.45, 7) is 0. The largest absolute Gasteiger partial charge is 0.481 e. The summed E-state index contributed by atoms with van der Waals surface area (Å²) in [5.41, 5.74) is 0.686. The van der Waals surface area contributed by atoms with Crippen molar-refractivity contribution >= 4 is 17.6 Å². The van der Waals surface area contributed by atoms with E-state index in [9.17, 15) is 18.8 Å². The van der Waals surface area contributed by atoms with E-state index in [-0.39, 0.29) is 10.6 Å². The molecule has 2 unspecified atom stereocenters. The second-order valence-corrected chi connectivity index (χ2v) is 5.44. The average molecular weight is 336 g/mol. The molecule has 0 saturated heterocycles. The van der Waals surface area contributed by atoms with Crippen molar-refractivity contribution in [2.75, 3.05) is 0 Å². The first-order valence-electron chi connectivity index (χ1n) is 6.74. The molecule has 0 amide bonds. The molecule has 23 heavy (non-hydrogen) atoms. The van der Waals surface area contributed by atoms with Crippen molar-refractivity contribution in [1.82, 2.24) is 0 Å². The number of carboxylic acid groups (broad SMARTS) is 1. The molecule has 2 rings (SSSR count). The van der Waals surface area contributed by atoms with Crippen LogP contribution >= 0.6 is 11.6 Å². The highest BCUT2D eigenvalue weighted by atomic mass is 35.5. The van der Waals surface area contributed by atoms with Gasteiger partial charge in [-0.05, 0) is 41.5 Å². The van der Waals surface area contributed by atoms with Crippen LogP contribution in [-0.2, 0) is 4.79 Å². The molecule has 118 valence electrons. The standard InChI is InChI=1S/C17H12ClF2NO2/c18-16-6-5-12(20)7-14(16)13(8-17(22)23)15(9-21)10-1-3-11(19)4-2-10/h1-7,13,15H,8H2,(H,22,23). The molecule has 0 aliphatic carbocycles. The van der Waals surface area contributed by atoms with Gasteiger partial charge in [0.15, 0.2) is 0 Å². The lowest BCUT2D eigenvalue weighted by molar-refractivity contribution is -0.137. The first-order chi connectivity index (χ1) is 10.9. The number of nitriles is 1. The van der Waals surface area contributed by atoms with Gasteiger partial charge in [0.1, 0.15) is 11.6 Å². The lowest BCUT2D eigenvalue weighted by Crippen LogP contribution is -2.15. The van der Waals surface area contributed by atoms with Gasteiger partial charge < -0.3 is 5.11 Å². The van der Waals surface area contributed by atoms with E-state index in [0.29, 0.717) is 5.56 Å². The van der Waals surface area contributed by atoms with Gasteiger partial charge in [-0.2, -0.15) is 5.26 Å². The highest BCUT2D eigenvalue weighted by molar-refractivity contribution is 6.31. The summed E-state index contributed by atoms with van der Waals surface area (Å²) in [5.74, 6) is -3.94. The lowest BCUT2D eigenvalue weighted by Gasteiger charge is -2.22. The fourth-order valence-corrected chi connectivity index (χ4v) is 2.72. The third kappa shape index (κ3) is 4.05. The van der Waals surface area contributed by atoms with Crippen LogP contribution < -0.4 is 0 Å². The predicted octanol–water partition coefficient (Wildman–Crippen LogP) is 4.48. The number of carboxylic acids is 1. The molecule has 2 aromatic rings. The minimum absolute atomic E-state index is 0.181. The summed E-state index contributed by atoms with van der Waals surface area (Å²) in [7, 11) is 0. The van der Waals surface area contributed by atoms with Gasteiger partial charge in [-0.15, -0.1) is 0 Å². The number of nitrogens with zero attached hydrogens (tertiary/aromatic N) is 1. The van der Waals surface area contributed by atoms with Crippen LogP contribution in [0.5, 0.6) is 0 Å². The number of hydrogen-bond acceptors (Lipinski definition) is 2. The molecule has 0 fully saturated rings. The maximum Gasteiger partial charge on any atom is 0.304 e. The lowest BCUT2D eigenvalue weighted by atomic mass is 9.80. The second-order valence-electron chi connectivity index (χ2n) is 5.03. The van der Waals surface area contributed by atoms with Gasteiger partial charge in [0, 0.05) is 10.9 Å². The fraction of sp³-hybridized carbons (Fsp3) is 0.176. The van der Waals surface area contributed by atoms with E-state index < -0.39 is 35.9 Å². The van der Waals surface area contributed by atoms with Crippen LogP contribution in [0.2, 0.25) is 5.02 Å². The average Bonchev–Trinajstić information content (AvgIpc) is 2.51. The molecule has 0 radical (unpaired) electrons. The van der Waals surface area contributed by atoms with Crippen LogP contribution in [0, 0.1) is 23.0 Å². The molecule has 0 aliphatic heterocycles. The highest BCUT2D eigenvalue weighted by Gasteiger charge is 2.29. The van der Waals surface area contributed by atoms with E-state index in [2.05, 4.69) is 0 Å². The monoisotopic (exact) mass is 335 g/mol. The van der Waals surface area contributed by atoms with Gasteiger partial charge in [-0.1, -0.05) is 23.7 Å². The predicted molar refractivity (Wildman–Crippen MR) is 81.2 cm³/mol. The van der Waals surface area contributed by atoms with Crippen molar-refractivity contribution in [2.45, 2.75) is 18.3 Å². The number of rotatable bonds is 5. The van der Waals surface area contributed by atoms with Crippen LogP contribution in [0.3, 0.4) is 0 Å². The first kappa shape index (κ1) is 16.9. The number of halogens is 3. The smallest absolute Gasteiger partial charge is 0.304 e. The number of hydrogen-bond donors (Lipinski definition) is 1. The Labute approximate surface area is 136 Å². The van der Waals surface area contributed by atoms with Crippen LogP contribution in [0.1, 0.15) is 29.4 Å². The highest BCUT2D eigenvalue weighted by Crippen LogP contribution is 2.39. The summed E-state index contributed by atoms with van der Waals surface area (Å²) >= 11 is 6.06. The normalized spacial score (nSPS) is 13.1. The van der Waals surface area contributed by atoms with Gasteiger partial charge in [0.05, 0.1) is 18.4 Å². The molecule has 2 aromatic carbocycles. The maximum atomic E-state index is 13.5. The third-order valence-electron chi connectivity index (χ3n) is 3.52. The zero-order chi connectivity index (χ0) is 17.0. The topological polar surface area (TPSA) is 61.1 Å². The molecule has 0 heterocycles. The van der Waals surface area contributed by atoms with Crippen molar-refractivity contribution < 1.29 is 18.7 Å². The van der Waals surface area contributed by atoms with Crippen LogP contribution in [0.25, 0.3) is 0 Å². The molecular formula is C17H12ClF2NO2. The Morgan fingerprint density at radius 1 is 1.17 bits per heavy atom. The molecule has 0 aliphatic rings. The van der Waals surface area contributed by atoms with Gasteiger partial charge in [-0.25, -0.2) is 8.78 Å². The van der Waals surface area contributed by atoms with E-state index in [0.717, 1.165) is 12.1 Å². The summed E-state index contributed by atoms with van der Waals surface area (Å²) in [5, 5.41) is 18.8. The molecule has 3 nitrogen and oxygen atoms in total. The molecular weight excluding hydrogens is 324 g/mol. The molecule has 6 heteroatoms. The SMILES string of the molecule is N#CC(c1ccc(F)cc1)C(CC(=O)O)c1cc(F)ccc1Cl. The van der Waals surface area contributed by atoms with Gasteiger partial charge in [0.2, 0.25) is 0 Å². The molecule has 0 spiro atoms. The Morgan fingerprint density at radius 2 is 1.78 bits per heavy atom. The fourth-order valence-electron chi connectivity index (χ4n) is 2.46. The van der Waals surface area contributed by atoms with E-state index in [1.807, 2.05) is 6.07 Å². The van der Waals surface area contributed by atoms with Crippen molar-refractivity contribution in [3.05, 3.63) is 70.2 Å². The van der Waals surface area contributed by atoms with Gasteiger partial charge in [-0.3, -0.25) is 4.79 Å². The van der Waals surface area contributed by atoms with Crippen LogP contribution in [-0.4, -0.2) is 11.1 Å². The summed E-state index contributed by atoms with van der Waals surface area (Å²) in [4.78, 5) is 11.2. The second kappa shape index (κ2) is 7.21. The zero-order valence-electron chi connectivity index (χ0n) is 11.8. The summed E-state index contributed by atoms with van der Waals surface area (Å²) in [6, 6.07) is 10.8. The Morgan fingerprint density at radius 3 is 2.35 bits per heavy atom. The molecule has 0 saturated carbocycles. The van der Waals surface area contributed by atoms with Crippen molar-refractivity contribution in [1.29, 1.82) is 5.26 Å². The van der Waals surface area contributed by atoms with E-state index in [4.69, 9.17) is 16.7 Å². The number of aliphatic carboxylic acids is 1. The zero-order valence-corrected chi connectivity index (χ0v) is 12.6. The first-order valence-corrected chi connectivity index (χ1v) is 7.12. The third-order valence-corrected chi connectivity index (χ3v) is 3.87. The van der Waals surface area contributed by atoms with Crippen LogP contribution in [0.4, 0.5) is 8.78 Å². The summed E-state index contributed by atoms with van der Waals surface area (Å²) in [6.07, 6.45) is -0.404. The molecule has 1 N–H and O–H groups in total. The number of carbonyl (C=O) groups is 1. The van der Waals surface area contributed by atoms with E-state index >= 15 is 0 Å². The Balaban J connectivity index is 2.52.